The van der Waals surface area contributed by atoms with Crippen LogP contribution in [-0.4, -0.2) is 13.2 Å². The molecule has 0 saturated heterocycles. The Labute approximate surface area is 84.9 Å². The smallest absolute Gasteiger partial charge is 0.0437 e. The van der Waals surface area contributed by atoms with E-state index in [1.165, 1.54) is 6.42 Å². The van der Waals surface area contributed by atoms with Crippen LogP contribution in [0.3, 0.4) is 0 Å². The molecule has 1 heteroatoms. The summed E-state index contributed by atoms with van der Waals surface area (Å²) in [5, 5.41) is 0. The predicted octanol–water partition coefficient (Wildman–Crippen LogP) is 4.12. The lowest BCUT2D eigenvalue weighted by Gasteiger charge is -2.19. The van der Waals surface area contributed by atoms with Gasteiger partial charge in [-0.05, 0) is 31.6 Å². The predicted molar refractivity (Wildman–Crippen MR) is 61.1 cm³/mol. The van der Waals surface area contributed by atoms with Crippen LogP contribution in [0.5, 0.6) is 0 Å². The second-order valence-electron chi connectivity index (χ2n) is 4.94. The fourth-order valence-electron chi connectivity index (χ4n) is 1.43. The summed E-state index contributed by atoms with van der Waals surface area (Å²) in [4.78, 5) is 0. The van der Waals surface area contributed by atoms with Crippen LogP contribution in [0.15, 0.2) is 0 Å². The van der Waals surface area contributed by atoms with Crippen LogP contribution < -0.4 is 0 Å². The molecule has 0 aromatic carbocycles. The van der Waals surface area contributed by atoms with Gasteiger partial charge in [0.15, 0.2) is 0 Å². The molecule has 0 atom stereocenters. The van der Waals surface area contributed by atoms with Crippen LogP contribution >= 0.6 is 0 Å². The molecule has 82 valence electrons. The first kappa shape index (κ1) is 15.4. The van der Waals surface area contributed by atoms with Crippen molar-refractivity contribution in [3.05, 3.63) is 0 Å². The van der Waals surface area contributed by atoms with Crippen molar-refractivity contribution < 1.29 is 4.74 Å². The monoisotopic (exact) mass is 188 g/mol. The molecule has 0 aliphatic rings. The van der Waals surface area contributed by atoms with Gasteiger partial charge in [-0.25, -0.2) is 0 Å². The van der Waals surface area contributed by atoms with E-state index >= 15 is 0 Å². The van der Waals surface area contributed by atoms with Crippen molar-refractivity contribution in [1.82, 2.24) is 0 Å². The van der Waals surface area contributed by atoms with Crippen LogP contribution in [0.1, 0.15) is 54.9 Å². The zero-order chi connectivity index (χ0) is 10.9. The van der Waals surface area contributed by atoms with E-state index in [1.54, 1.807) is 0 Å². The maximum absolute atomic E-state index is 4.83. The number of rotatable bonds is 3. The lowest BCUT2D eigenvalue weighted by Crippen LogP contribution is -2.08. The summed E-state index contributed by atoms with van der Waals surface area (Å²) in [6.45, 7) is 17.1. The van der Waals surface area contributed by atoms with E-state index in [4.69, 9.17) is 4.74 Å². The molecule has 13 heavy (non-hydrogen) atoms. The van der Waals surface area contributed by atoms with Gasteiger partial charge in [0, 0.05) is 13.2 Å². The Balaban J connectivity index is 0. The zero-order valence-corrected chi connectivity index (χ0v) is 10.6. The van der Waals surface area contributed by atoms with Crippen LogP contribution in [-0.2, 0) is 4.74 Å². The molecule has 0 aliphatic heterocycles. The molecule has 1 nitrogen and oxygen atoms in total. The Morgan fingerprint density at radius 2 is 1.38 bits per heavy atom. The summed E-state index contributed by atoms with van der Waals surface area (Å²) in [6.07, 6.45) is 1.33. The molecule has 0 heterocycles. The van der Waals surface area contributed by atoms with Crippen molar-refractivity contribution in [1.29, 1.82) is 0 Å². The highest BCUT2D eigenvalue weighted by atomic mass is 16.5. The summed E-state index contributed by atoms with van der Waals surface area (Å²) in [5.74, 6) is 0.843. The molecule has 0 bridgehead atoms. The first-order valence-corrected chi connectivity index (χ1v) is 5.41. The minimum atomic E-state index is 0.522. The van der Waals surface area contributed by atoms with Crippen LogP contribution in [0.4, 0.5) is 0 Å². The van der Waals surface area contributed by atoms with E-state index in [2.05, 4.69) is 34.6 Å². The molecule has 0 unspecified atom stereocenters. The summed E-state index contributed by atoms with van der Waals surface area (Å²) >= 11 is 0. The molecule has 0 N–H and O–H groups in total. The number of hydrogen-bond acceptors (Lipinski definition) is 1. The van der Waals surface area contributed by atoms with Crippen LogP contribution in [0, 0.1) is 11.3 Å². The summed E-state index contributed by atoms with van der Waals surface area (Å²) in [6, 6.07) is 0. The third-order valence-electron chi connectivity index (χ3n) is 1.43. The fraction of sp³-hybridized carbons (Fsp3) is 1.00. The standard InChI is InChI=1S/C8H18.C4H10O/c1-7(2)6-8(3,4)5;1-3-5-4-2/h7H,6H2,1-5H3;3-4H2,1-2H3. The molecular formula is C12H28O. The second-order valence-corrected chi connectivity index (χ2v) is 4.94. The van der Waals surface area contributed by atoms with Crippen molar-refractivity contribution in [3.63, 3.8) is 0 Å². The molecule has 0 saturated carbocycles. The van der Waals surface area contributed by atoms with Crippen molar-refractivity contribution in [2.24, 2.45) is 11.3 Å². The summed E-state index contributed by atoms with van der Waals surface area (Å²) in [5.41, 5.74) is 0.522. The van der Waals surface area contributed by atoms with E-state index in [0.717, 1.165) is 19.1 Å². The Hall–Kier alpha value is -0.0400. The largest absolute Gasteiger partial charge is 0.382 e. The maximum Gasteiger partial charge on any atom is 0.0437 e. The van der Waals surface area contributed by atoms with Crippen molar-refractivity contribution >= 4 is 0 Å². The Bertz CT molecular complexity index is 87.8. The van der Waals surface area contributed by atoms with Crippen LogP contribution in [0.25, 0.3) is 0 Å². The van der Waals surface area contributed by atoms with Gasteiger partial charge in [-0.3, -0.25) is 0 Å². The highest BCUT2D eigenvalue weighted by Crippen LogP contribution is 2.23. The second kappa shape index (κ2) is 8.55. The van der Waals surface area contributed by atoms with Gasteiger partial charge in [-0.2, -0.15) is 0 Å². The summed E-state index contributed by atoms with van der Waals surface area (Å²) < 4.78 is 4.83. The van der Waals surface area contributed by atoms with E-state index in [-0.39, 0.29) is 0 Å². The Kier molecular flexibility index (Phi) is 10.2. The van der Waals surface area contributed by atoms with Gasteiger partial charge < -0.3 is 4.74 Å². The third kappa shape index (κ3) is 24.5. The quantitative estimate of drug-likeness (QED) is 0.647. The first-order chi connectivity index (χ1) is 5.83. The molecule has 0 rings (SSSR count). The minimum absolute atomic E-state index is 0.522. The first-order valence-electron chi connectivity index (χ1n) is 5.41. The van der Waals surface area contributed by atoms with Crippen molar-refractivity contribution in [2.75, 3.05) is 13.2 Å². The average Bonchev–Trinajstić information content (AvgIpc) is 1.84. The van der Waals surface area contributed by atoms with Gasteiger partial charge in [0.2, 0.25) is 0 Å². The molecule has 0 aliphatic carbocycles. The average molecular weight is 188 g/mol. The minimum Gasteiger partial charge on any atom is -0.382 e. The molecular weight excluding hydrogens is 160 g/mol. The molecule has 0 amide bonds. The van der Waals surface area contributed by atoms with Gasteiger partial charge in [-0.15, -0.1) is 0 Å². The third-order valence-corrected chi connectivity index (χ3v) is 1.43. The summed E-state index contributed by atoms with van der Waals surface area (Å²) in [7, 11) is 0. The number of ether oxygens (including phenoxy) is 1. The topological polar surface area (TPSA) is 9.23 Å². The van der Waals surface area contributed by atoms with Gasteiger partial charge in [0.05, 0.1) is 0 Å². The SMILES string of the molecule is CC(C)CC(C)(C)C.CCOCC. The van der Waals surface area contributed by atoms with Gasteiger partial charge in [0.1, 0.15) is 0 Å². The normalized spacial score (nSPS) is 11.1. The van der Waals surface area contributed by atoms with E-state index < -0.39 is 0 Å². The van der Waals surface area contributed by atoms with E-state index in [1.807, 2.05) is 13.8 Å². The molecule has 0 spiro atoms. The van der Waals surface area contributed by atoms with Crippen molar-refractivity contribution in [2.45, 2.75) is 54.9 Å². The highest BCUT2D eigenvalue weighted by molar-refractivity contribution is 4.62. The molecule has 0 aromatic rings. The lowest BCUT2D eigenvalue weighted by molar-refractivity contribution is 0.162. The Morgan fingerprint density at radius 1 is 1.00 bits per heavy atom. The zero-order valence-electron chi connectivity index (χ0n) is 10.6. The molecule has 0 fully saturated rings. The number of hydrogen-bond donors (Lipinski definition) is 0. The molecule has 0 aromatic heterocycles. The lowest BCUT2D eigenvalue weighted by atomic mass is 9.86. The fourth-order valence-corrected chi connectivity index (χ4v) is 1.43. The highest BCUT2D eigenvalue weighted by Gasteiger charge is 2.11. The van der Waals surface area contributed by atoms with Gasteiger partial charge in [-0.1, -0.05) is 34.6 Å². The van der Waals surface area contributed by atoms with E-state index in [0.29, 0.717) is 5.41 Å². The Morgan fingerprint density at radius 3 is 1.38 bits per heavy atom. The van der Waals surface area contributed by atoms with Gasteiger partial charge >= 0.3 is 0 Å². The van der Waals surface area contributed by atoms with Crippen molar-refractivity contribution in [3.8, 4) is 0 Å². The molecule has 0 radical (unpaired) electrons. The maximum atomic E-state index is 4.83. The van der Waals surface area contributed by atoms with Crippen LogP contribution in [0.2, 0.25) is 0 Å². The van der Waals surface area contributed by atoms with E-state index in [9.17, 15) is 0 Å². The van der Waals surface area contributed by atoms with Gasteiger partial charge in [0.25, 0.3) is 0 Å².